The fourth-order valence-corrected chi connectivity index (χ4v) is 2.50. The highest BCUT2D eigenvalue weighted by atomic mass is 16.6. The second kappa shape index (κ2) is 7.01. The van der Waals surface area contributed by atoms with Gasteiger partial charge in [0.25, 0.3) is 0 Å². The van der Waals surface area contributed by atoms with Crippen LogP contribution in [-0.4, -0.2) is 49.3 Å². The van der Waals surface area contributed by atoms with Gasteiger partial charge in [0.2, 0.25) is 0 Å². The van der Waals surface area contributed by atoms with Gasteiger partial charge in [-0.25, -0.2) is 4.79 Å². The van der Waals surface area contributed by atoms with E-state index in [1.807, 2.05) is 45.0 Å². The van der Waals surface area contributed by atoms with E-state index in [1.54, 1.807) is 0 Å². The van der Waals surface area contributed by atoms with Crippen LogP contribution in [-0.2, 0) is 4.74 Å². The maximum atomic E-state index is 11.7. The summed E-state index contributed by atoms with van der Waals surface area (Å²) in [6, 6.07) is 7.94. The number of anilines is 2. The van der Waals surface area contributed by atoms with Crippen LogP contribution in [0.4, 0.5) is 16.2 Å². The Kier molecular flexibility index (Phi) is 5.29. The monoisotopic (exact) mass is 305 g/mol. The largest absolute Gasteiger partial charge is 0.444 e. The molecule has 1 amide bonds. The predicted molar refractivity (Wildman–Crippen MR) is 90.6 cm³/mol. The second-order valence-corrected chi connectivity index (χ2v) is 6.60. The molecule has 0 atom stereocenters. The molecule has 1 saturated heterocycles. The van der Waals surface area contributed by atoms with Crippen molar-refractivity contribution in [3.05, 3.63) is 24.3 Å². The molecule has 122 valence electrons. The smallest absolute Gasteiger partial charge is 0.412 e. The number of rotatable bonds is 3. The number of hydrogen-bond acceptors (Lipinski definition) is 4. The maximum Gasteiger partial charge on any atom is 0.412 e. The van der Waals surface area contributed by atoms with Gasteiger partial charge >= 0.3 is 6.09 Å². The summed E-state index contributed by atoms with van der Waals surface area (Å²) in [6.07, 6.45) is -0.420. The molecule has 1 aliphatic heterocycles. The number of amides is 1. The van der Waals surface area contributed by atoms with Crippen molar-refractivity contribution in [3.63, 3.8) is 0 Å². The molecule has 22 heavy (non-hydrogen) atoms. The summed E-state index contributed by atoms with van der Waals surface area (Å²) in [4.78, 5) is 16.6. The molecule has 1 fully saturated rings. The van der Waals surface area contributed by atoms with Crippen LogP contribution in [0, 0.1) is 0 Å². The predicted octanol–water partition coefficient (Wildman–Crippen LogP) is 3.18. The van der Waals surface area contributed by atoms with Gasteiger partial charge in [0.05, 0.1) is 0 Å². The summed E-state index contributed by atoms with van der Waals surface area (Å²) >= 11 is 0. The summed E-state index contributed by atoms with van der Waals surface area (Å²) in [6.45, 7) is 13.2. The van der Waals surface area contributed by atoms with Gasteiger partial charge < -0.3 is 14.5 Å². The van der Waals surface area contributed by atoms with E-state index in [0.717, 1.165) is 38.4 Å². The standard InChI is InChI=1S/C17H27N3O2/c1-5-19-10-12-20(13-11-19)15-8-6-14(7-9-15)18-16(21)22-17(2,3)4/h6-9H,5,10-13H2,1-4H3,(H,18,21). The van der Waals surface area contributed by atoms with E-state index >= 15 is 0 Å². The number of ether oxygens (including phenoxy) is 1. The van der Waals surface area contributed by atoms with Crippen molar-refractivity contribution in [1.82, 2.24) is 4.90 Å². The van der Waals surface area contributed by atoms with Crippen molar-refractivity contribution in [2.24, 2.45) is 0 Å². The van der Waals surface area contributed by atoms with Gasteiger partial charge in [0.1, 0.15) is 5.60 Å². The van der Waals surface area contributed by atoms with Gasteiger partial charge in [-0.2, -0.15) is 0 Å². The molecule has 0 bridgehead atoms. The van der Waals surface area contributed by atoms with Crippen LogP contribution in [0.2, 0.25) is 0 Å². The molecule has 1 heterocycles. The van der Waals surface area contributed by atoms with E-state index in [-0.39, 0.29) is 0 Å². The number of benzene rings is 1. The highest BCUT2D eigenvalue weighted by Gasteiger charge is 2.17. The zero-order chi connectivity index (χ0) is 16.2. The molecular formula is C17H27N3O2. The molecule has 0 radical (unpaired) electrons. The molecule has 0 aliphatic carbocycles. The average Bonchev–Trinajstić information content (AvgIpc) is 2.46. The van der Waals surface area contributed by atoms with Crippen molar-refractivity contribution < 1.29 is 9.53 Å². The quantitative estimate of drug-likeness (QED) is 0.931. The Bertz CT molecular complexity index is 486. The Morgan fingerprint density at radius 3 is 2.23 bits per heavy atom. The normalized spacial score (nSPS) is 16.5. The van der Waals surface area contributed by atoms with Gasteiger partial charge in [-0.15, -0.1) is 0 Å². The summed E-state index contributed by atoms with van der Waals surface area (Å²) in [5, 5.41) is 2.76. The Morgan fingerprint density at radius 2 is 1.73 bits per heavy atom. The first kappa shape index (κ1) is 16.6. The average molecular weight is 305 g/mol. The minimum atomic E-state index is -0.483. The number of hydrogen-bond donors (Lipinski definition) is 1. The van der Waals surface area contributed by atoms with Gasteiger partial charge in [-0.1, -0.05) is 6.92 Å². The van der Waals surface area contributed by atoms with Crippen LogP contribution < -0.4 is 10.2 Å². The third-order valence-electron chi connectivity index (χ3n) is 3.70. The number of nitrogens with zero attached hydrogens (tertiary/aromatic N) is 2. The highest BCUT2D eigenvalue weighted by molar-refractivity contribution is 5.85. The van der Waals surface area contributed by atoms with Gasteiger partial charge in [-0.3, -0.25) is 5.32 Å². The van der Waals surface area contributed by atoms with E-state index in [9.17, 15) is 4.79 Å². The fourth-order valence-electron chi connectivity index (χ4n) is 2.50. The van der Waals surface area contributed by atoms with Crippen molar-refractivity contribution in [2.45, 2.75) is 33.3 Å². The molecule has 0 saturated carbocycles. The molecule has 1 aromatic carbocycles. The van der Waals surface area contributed by atoms with Crippen molar-refractivity contribution in [1.29, 1.82) is 0 Å². The molecule has 1 N–H and O–H groups in total. The summed E-state index contributed by atoms with van der Waals surface area (Å²) < 4.78 is 5.25. The van der Waals surface area contributed by atoms with Gasteiger partial charge in [0, 0.05) is 37.6 Å². The Balaban J connectivity index is 1.89. The lowest BCUT2D eigenvalue weighted by atomic mass is 10.2. The molecule has 2 rings (SSSR count). The highest BCUT2D eigenvalue weighted by Crippen LogP contribution is 2.20. The topological polar surface area (TPSA) is 44.8 Å². The summed E-state index contributed by atoms with van der Waals surface area (Å²) in [5.74, 6) is 0. The zero-order valence-electron chi connectivity index (χ0n) is 14.1. The minimum absolute atomic E-state index is 0.420. The minimum Gasteiger partial charge on any atom is -0.444 e. The molecule has 0 spiro atoms. The van der Waals surface area contributed by atoms with Crippen LogP contribution in [0.3, 0.4) is 0 Å². The molecule has 0 aromatic heterocycles. The number of likely N-dealkylation sites (N-methyl/N-ethyl adjacent to an activating group) is 1. The molecule has 5 nitrogen and oxygen atoms in total. The summed E-state index contributed by atoms with van der Waals surface area (Å²) in [5.41, 5.74) is 1.47. The first-order valence-electron chi connectivity index (χ1n) is 7.95. The molecular weight excluding hydrogens is 278 g/mol. The van der Waals surface area contributed by atoms with Crippen LogP contribution in [0.25, 0.3) is 0 Å². The van der Waals surface area contributed by atoms with Crippen LogP contribution >= 0.6 is 0 Å². The van der Waals surface area contributed by atoms with E-state index in [0.29, 0.717) is 0 Å². The number of carbonyl (C=O) groups is 1. The van der Waals surface area contributed by atoms with E-state index in [2.05, 4.69) is 22.0 Å². The van der Waals surface area contributed by atoms with Crippen molar-refractivity contribution in [2.75, 3.05) is 42.9 Å². The van der Waals surface area contributed by atoms with E-state index in [1.165, 1.54) is 5.69 Å². The van der Waals surface area contributed by atoms with Crippen molar-refractivity contribution in [3.8, 4) is 0 Å². The van der Waals surface area contributed by atoms with Crippen LogP contribution in [0.5, 0.6) is 0 Å². The van der Waals surface area contributed by atoms with E-state index < -0.39 is 11.7 Å². The lowest BCUT2D eigenvalue weighted by Gasteiger charge is -2.35. The first-order valence-corrected chi connectivity index (χ1v) is 7.95. The fraction of sp³-hybridized carbons (Fsp3) is 0.588. The Labute approximate surface area is 133 Å². The first-order chi connectivity index (χ1) is 10.4. The number of carbonyl (C=O) groups excluding carboxylic acids is 1. The van der Waals surface area contributed by atoms with Crippen molar-refractivity contribution >= 4 is 17.5 Å². The third kappa shape index (κ3) is 4.91. The number of piperazine rings is 1. The van der Waals surface area contributed by atoms with Gasteiger partial charge in [-0.05, 0) is 51.6 Å². The maximum absolute atomic E-state index is 11.7. The van der Waals surface area contributed by atoms with Gasteiger partial charge in [0.15, 0.2) is 0 Å². The summed E-state index contributed by atoms with van der Waals surface area (Å²) in [7, 11) is 0. The molecule has 5 heteroatoms. The molecule has 1 aromatic rings. The zero-order valence-corrected chi connectivity index (χ0v) is 14.1. The lowest BCUT2D eigenvalue weighted by molar-refractivity contribution is 0.0636. The second-order valence-electron chi connectivity index (χ2n) is 6.60. The number of nitrogens with one attached hydrogen (secondary N) is 1. The van der Waals surface area contributed by atoms with E-state index in [4.69, 9.17) is 4.74 Å². The Hall–Kier alpha value is -1.75. The third-order valence-corrected chi connectivity index (χ3v) is 3.70. The molecule has 1 aliphatic rings. The Morgan fingerprint density at radius 1 is 1.14 bits per heavy atom. The molecule has 0 unspecified atom stereocenters. The lowest BCUT2D eigenvalue weighted by Crippen LogP contribution is -2.46. The van der Waals surface area contributed by atoms with Crippen LogP contribution in [0.1, 0.15) is 27.7 Å². The SMILES string of the molecule is CCN1CCN(c2ccc(NC(=O)OC(C)(C)C)cc2)CC1. The van der Waals surface area contributed by atoms with Crippen LogP contribution in [0.15, 0.2) is 24.3 Å².